The average molecular weight is 253 g/mol. The molecule has 0 bridgehead atoms. The first-order valence-corrected chi connectivity index (χ1v) is 6.27. The molecule has 2 N–H and O–H groups in total. The highest BCUT2D eigenvalue weighted by Gasteiger charge is 2.04. The van der Waals surface area contributed by atoms with Crippen molar-refractivity contribution in [2.24, 2.45) is 5.73 Å². The summed E-state index contributed by atoms with van der Waals surface area (Å²) in [6, 6.07) is 6.00. The van der Waals surface area contributed by atoms with Gasteiger partial charge in [0.25, 0.3) is 0 Å². The van der Waals surface area contributed by atoms with Gasteiger partial charge < -0.3 is 19.9 Å². The normalized spacial score (nSPS) is 10.6. The SMILES string of the molecule is COCCCOCCOc1c(C)cccc1CN. The predicted molar refractivity (Wildman–Crippen MR) is 71.9 cm³/mol. The van der Waals surface area contributed by atoms with Crippen molar-refractivity contribution < 1.29 is 14.2 Å². The molecule has 0 amide bonds. The van der Waals surface area contributed by atoms with E-state index in [9.17, 15) is 0 Å². The van der Waals surface area contributed by atoms with Gasteiger partial charge in [-0.3, -0.25) is 0 Å². The van der Waals surface area contributed by atoms with Crippen LogP contribution < -0.4 is 10.5 Å². The fraction of sp³-hybridized carbons (Fsp3) is 0.571. The molecule has 18 heavy (non-hydrogen) atoms. The van der Waals surface area contributed by atoms with Crippen molar-refractivity contribution in [1.82, 2.24) is 0 Å². The Labute approximate surface area is 109 Å². The van der Waals surface area contributed by atoms with E-state index in [2.05, 4.69) is 0 Å². The Morgan fingerprint density at radius 2 is 1.94 bits per heavy atom. The highest BCUT2D eigenvalue weighted by Crippen LogP contribution is 2.22. The lowest BCUT2D eigenvalue weighted by Crippen LogP contribution is -2.11. The Kier molecular flexibility index (Phi) is 7.41. The molecule has 0 atom stereocenters. The first kappa shape index (κ1) is 15.0. The van der Waals surface area contributed by atoms with Crippen molar-refractivity contribution in [3.05, 3.63) is 29.3 Å². The van der Waals surface area contributed by atoms with Gasteiger partial charge in [0.05, 0.1) is 6.61 Å². The fourth-order valence-corrected chi connectivity index (χ4v) is 1.69. The second-order valence-corrected chi connectivity index (χ2v) is 4.07. The molecule has 0 saturated heterocycles. The molecule has 0 aliphatic rings. The number of ether oxygens (including phenoxy) is 3. The van der Waals surface area contributed by atoms with Crippen molar-refractivity contribution in [2.45, 2.75) is 19.9 Å². The minimum atomic E-state index is 0.492. The molecule has 1 aromatic rings. The lowest BCUT2D eigenvalue weighted by atomic mass is 10.1. The molecule has 0 aromatic heterocycles. The summed E-state index contributed by atoms with van der Waals surface area (Å²) in [5.74, 6) is 0.889. The van der Waals surface area contributed by atoms with Crippen molar-refractivity contribution in [3.63, 3.8) is 0 Å². The van der Waals surface area contributed by atoms with Crippen molar-refractivity contribution >= 4 is 0 Å². The number of hydrogen-bond donors (Lipinski definition) is 1. The number of para-hydroxylation sites is 1. The van der Waals surface area contributed by atoms with Gasteiger partial charge in [0, 0.05) is 32.4 Å². The molecule has 0 spiro atoms. The lowest BCUT2D eigenvalue weighted by molar-refractivity contribution is 0.0803. The standard InChI is InChI=1S/C14H23NO3/c1-12-5-3-6-13(11-15)14(12)18-10-9-17-8-4-7-16-2/h3,5-6H,4,7-11,15H2,1-2H3. The monoisotopic (exact) mass is 253 g/mol. The minimum absolute atomic E-state index is 0.492. The van der Waals surface area contributed by atoms with E-state index in [-0.39, 0.29) is 0 Å². The van der Waals surface area contributed by atoms with Gasteiger partial charge in [0.2, 0.25) is 0 Å². The van der Waals surface area contributed by atoms with E-state index in [0.717, 1.165) is 29.9 Å². The number of rotatable bonds is 9. The molecule has 0 unspecified atom stereocenters. The summed E-state index contributed by atoms with van der Waals surface area (Å²) in [6.45, 7) is 5.08. The lowest BCUT2D eigenvalue weighted by Gasteiger charge is -2.13. The quantitative estimate of drug-likeness (QED) is 0.683. The maximum absolute atomic E-state index is 5.73. The summed E-state index contributed by atoms with van der Waals surface area (Å²) in [5.41, 5.74) is 7.82. The first-order valence-electron chi connectivity index (χ1n) is 6.27. The number of benzene rings is 1. The van der Waals surface area contributed by atoms with Gasteiger partial charge in [0.1, 0.15) is 12.4 Å². The molecule has 0 radical (unpaired) electrons. The van der Waals surface area contributed by atoms with Gasteiger partial charge in [0.15, 0.2) is 0 Å². The number of nitrogens with two attached hydrogens (primary N) is 1. The van der Waals surface area contributed by atoms with Crippen LogP contribution in [0.2, 0.25) is 0 Å². The Morgan fingerprint density at radius 1 is 1.11 bits per heavy atom. The number of hydrogen-bond acceptors (Lipinski definition) is 4. The Bertz CT molecular complexity index is 342. The molecular formula is C14H23NO3. The van der Waals surface area contributed by atoms with E-state index in [1.165, 1.54) is 0 Å². The van der Waals surface area contributed by atoms with Gasteiger partial charge in [-0.15, -0.1) is 0 Å². The smallest absolute Gasteiger partial charge is 0.126 e. The summed E-state index contributed by atoms with van der Waals surface area (Å²) >= 11 is 0. The Morgan fingerprint density at radius 3 is 2.67 bits per heavy atom. The zero-order valence-corrected chi connectivity index (χ0v) is 11.3. The number of aryl methyl sites for hydroxylation is 1. The summed E-state index contributed by atoms with van der Waals surface area (Å²) in [7, 11) is 1.69. The molecule has 4 nitrogen and oxygen atoms in total. The molecule has 102 valence electrons. The van der Waals surface area contributed by atoms with Crippen LogP contribution in [-0.2, 0) is 16.0 Å². The zero-order chi connectivity index (χ0) is 13.2. The van der Waals surface area contributed by atoms with E-state index in [1.807, 2.05) is 25.1 Å². The molecule has 0 heterocycles. The van der Waals surface area contributed by atoms with Gasteiger partial charge in [-0.25, -0.2) is 0 Å². The summed E-state index contributed by atoms with van der Waals surface area (Å²) in [4.78, 5) is 0. The van der Waals surface area contributed by atoms with Crippen molar-refractivity contribution in [1.29, 1.82) is 0 Å². The van der Waals surface area contributed by atoms with Crippen LogP contribution in [-0.4, -0.2) is 33.5 Å². The first-order chi connectivity index (χ1) is 8.79. The molecule has 1 rings (SSSR count). The van der Waals surface area contributed by atoms with Gasteiger partial charge in [-0.1, -0.05) is 18.2 Å². The van der Waals surface area contributed by atoms with Crippen molar-refractivity contribution in [3.8, 4) is 5.75 Å². The van der Waals surface area contributed by atoms with Crippen LogP contribution >= 0.6 is 0 Å². The topological polar surface area (TPSA) is 53.7 Å². The summed E-state index contributed by atoms with van der Waals surface area (Å²) in [5, 5.41) is 0. The molecule has 4 heteroatoms. The van der Waals surface area contributed by atoms with Crippen molar-refractivity contribution in [2.75, 3.05) is 33.5 Å². The van der Waals surface area contributed by atoms with Gasteiger partial charge in [-0.05, 0) is 18.9 Å². The van der Waals surface area contributed by atoms with Crippen LogP contribution in [0.4, 0.5) is 0 Å². The molecule has 0 saturated carbocycles. The van der Waals surface area contributed by atoms with E-state index < -0.39 is 0 Å². The molecule has 0 aliphatic carbocycles. The third-order valence-corrected chi connectivity index (χ3v) is 2.62. The molecule has 0 fully saturated rings. The van der Waals surface area contributed by atoms with E-state index in [1.54, 1.807) is 7.11 Å². The van der Waals surface area contributed by atoms with E-state index in [4.69, 9.17) is 19.9 Å². The average Bonchev–Trinajstić information content (AvgIpc) is 2.39. The molecule has 1 aromatic carbocycles. The van der Waals surface area contributed by atoms with Crippen LogP contribution in [0.5, 0.6) is 5.75 Å². The maximum Gasteiger partial charge on any atom is 0.126 e. The van der Waals surface area contributed by atoms with Gasteiger partial charge >= 0.3 is 0 Å². The Balaban J connectivity index is 2.26. The Hall–Kier alpha value is -1.10. The second-order valence-electron chi connectivity index (χ2n) is 4.07. The number of methoxy groups -OCH3 is 1. The molecular weight excluding hydrogens is 230 g/mol. The van der Waals surface area contributed by atoms with Gasteiger partial charge in [-0.2, -0.15) is 0 Å². The van der Waals surface area contributed by atoms with Crippen LogP contribution in [0.3, 0.4) is 0 Å². The molecule has 0 aliphatic heterocycles. The minimum Gasteiger partial charge on any atom is -0.491 e. The van der Waals surface area contributed by atoms with Crippen LogP contribution in [0.1, 0.15) is 17.5 Å². The third kappa shape index (κ3) is 5.04. The largest absolute Gasteiger partial charge is 0.491 e. The zero-order valence-electron chi connectivity index (χ0n) is 11.3. The van der Waals surface area contributed by atoms with Crippen LogP contribution in [0.15, 0.2) is 18.2 Å². The predicted octanol–water partition coefficient (Wildman–Crippen LogP) is 1.89. The maximum atomic E-state index is 5.73. The van der Waals surface area contributed by atoms with Crippen LogP contribution in [0.25, 0.3) is 0 Å². The fourth-order valence-electron chi connectivity index (χ4n) is 1.69. The highest BCUT2D eigenvalue weighted by molar-refractivity contribution is 5.40. The van der Waals surface area contributed by atoms with E-state index >= 15 is 0 Å². The third-order valence-electron chi connectivity index (χ3n) is 2.62. The second kappa shape index (κ2) is 8.91. The van der Waals surface area contributed by atoms with E-state index in [0.29, 0.717) is 26.4 Å². The van der Waals surface area contributed by atoms with Crippen LogP contribution in [0, 0.1) is 6.92 Å². The highest BCUT2D eigenvalue weighted by atomic mass is 16.5. The summed E-state index contributed by atoms with van der Waals surface area (Å²) < 4.78 is 16.1. The summed E-state index contributed by atoms with van der Waals surface area (Å²) in [6.07, 6.45) is 0.912.